The SMILES string of the molecule is C[S@@](=O)c1nncn1CSCc1ccc(Cl)cc1. The lowest BCUT2D eigenvalue weighted by Gasteiger charge is -2.04. The van der Waals surface area contributed by atoms with Crippen LogP contribution in [0.25, 0.3) is 0 Å². The van der Waals surface area contributed by atoms with E-state index in [1.54, 1.807) is 28.9 Å². The molecule has 18 heavy (non-hydrogen) atoms. The summed E-state index contributed by atoms with van der Waals surface area (Å²) in [5, 5.41) is 8.86. The third-order valence-corrected chi connectivity index (χ3v) is 4.33. The molecule has 7 heteroatoms. The van der Waals surface area contributed by atoms with Gasteiger partial charge in [0.2, 0.25) is 5.16 Å². The van der Waals surface area contributed by atoms with Gasteiger partial charge >= 0.3 is 0 Å². The number of benzene rings is 1. The van der Waals surface area contributed by atoms with E-state index in [9.17, 15) is 4.21 Å². The molecule has 0 amide bonds. The highest BCUT2D eigenvalue weighted by molar-refractivity contribution is 7.97. The van der Waals surface area contributed by atoms with Crippen molar-refractivity contribution in [3.05, 3.63) is 41.2 Å². The Bertz CT molecular complexity index is 541. The van der Waals surface area contributed by atoms with Crippen molar-refractivity contribution < 1.29 is 4.21 Å². The third kappa shape index (κ3) is 3.57. The Morgan fingerprint density at radius 3 is 2.78 bits per heavy atom. The van der Waals surface area contributed by atoms with Crippen LogP contribution in [0.5, 0.6) is 0 Å². The van der Waals surface area contributed by atoms with Gasteiger partial charge in [-0.15, -0.1) is 22.0 Å². The zero-order valence-corrected chi connectivity index (χ0v) is 12.1. The molecule has 4 nitrogen and oxygen atoms in total. The molecule has 0 aliphatic heterocycles. The molecular formula is C11H12ClN3OS2. The van der Waals surface area contributed by atoms with Gasteiger partial charge in [0, 0.05) is 17.0 Å². The molecule has 1 aromatic carbocycles. The van der Waals surface area contributed by atoms with Crippen molar-refractivity contribution >= 4 is 34.2 Å². The minimum absolute atomic E-state index is 0.513. The van der Waals surface area contributed by atoms with E-state index in [4.69, 9.17) is 11.6 Å². The van der Waals surface area contributed by atoms with Crippen LogP contribution >= 0.6 is 23.4 Å². The predicted molar refractivity (Wildman–Crippen MR) is 75.1 cm³/mol. The van der Waals surface area contributed by atoms with Crippen molar-refractivity contribution in [2.45, 2.75) is 16.8 Å². The monoisotopic (exact) mass is 301 g/mol. The predicted octanol–water partition coefficient (Wildman–Crippen LogP) is 2.56. The molecule has 0 saturated heterocycles. The van der Waals surface area contributed by atoms with Crippen LogP contribution in [0.3, 0.4) is 0 Å². The molecule has 0 bridgehead atoms. The fourth-order valence-corrected chi connectivity index (χ4v) is 3.11. The highest BCUT2D eigenvalue weighted by Gasteiger charge is 2.07. The quantitative estimate of drug-likeness (QED) is 0.851. The summed E-state index contributed by atoms with van der Waals surface area (Å²) in [4.78, 5) is 0. The molecule has 1 aromatic heterocycles. The molecule has 96 valence electrons. The number of hydrogen-bond acceptors (Lipinski definition) is 4. The van der Waals surface area contributed by atoms with Crippen molar-refractivity contribution in [2.24, 2.45) is 0 Å². The first-order valence-electron chi connectivity index (χ1n) is 5.20. The summed E-state index contributed by atoms with van der Waals surface area (Å²) in [5.74, 6) is 1.55. The van der Waals surface area contributed by atoms with Crippen LogP contribution in [-0.4, -0.2) is 25.2 Å². The molecule has 0 spiro atoms. The van der Waals surface area contributed by atoms with Crippen molar-refractivity contribution in [3.63, 3.8) is 0 Å². The van der Waals surface area contributed by atoms with Crippen LogP contribution in [-0.2, 0) is 22.4 Å². The Hall–Kier alpha value is -0.850. The van der Waals surface area contributed by atoms with E-state index in [2.05, 4.69) is 10.2 Å². The molecule has 0 aliphatic carbocycles. The first-order valence-corrected chi connectivity index (χ1v) is 8.29. The maximum Gasteiger partial charge on any atom is 0.221 e. The van der Waals surface area contributed by atoms with Crippen molar-refractivity contribution in [2.75, 3.05) is 6.26 Å². The highest BCUT2D eigenvalue weighted by Crippen LogP contribution is 2.17. The lowest BCUT2D eigenvalue weighted by molar-refractivity contribution is 0.666. The van der Waals surface area contributed by atoms with Gasteiger partial charge in [0.1, 0.15) is 6.33 Å². The fourth-order valence-electron chi connectivity index (χ4n) is 1.40. The second-order valence-corrected chi connectivity index (χ2v) is 6.31. The minimum atomic E-state index is -1.10. The van der Waals surface area contributed by atoms with Gasteiger partial charge in [0.15, 0.2) is 0 Å². The van der Waals surface area contributed by atoms with Crippen LogP contribution in [0, 0.1) is 0 Å². The average molecular weight is 302 g/mol. The van der Waals surface area contributed by atoms with E-state index >= 15 is 0 Å². The highest BCUT2D eigenvalue weighted by atomic mass is 35.5. The average Bonchev–Trinajstić information content (AvgIpc) is 2.80. The molecule has 0 saturated carbocycles. The van der Waals surface area contributed by atoms with Crippen LogP contribution in [0.15, 0.2) is 35.7 Å². The largest absolute Gasteiger partial charge is 0.297 e. The van der Waals surface area contributed by atoms with Gasteiger partial charge in [-0.2, -0.15) is 0 Å². The lowest BCUT2D eigenvalue weighted by atomic mass is 10.2. The van der Waals surface area contributed by atoms with E-state index < -0.39 is 10.8 Å². The smallest absolute Gasteiger partial charge is 0.221 e. The maximum atomic E-state index is 11.4. The molecular weight excluding hydrogens is 290 g/mol. The standard InChI is InChI=1S/C11H12ClN3OS2/c1-18(16)11-14-13-7-15(11)8-17-6-9-2-4-10(12)5-3-9/h2-5,7H,6,8H2,1H3/t18-/m1/s1. The first kappa shape index (κ1) is 13.6. The molecule has 2 rings (SSSR count). The molecule has 0 unspecified atom stereocenters. The van der Waals surface area contributed by atoms with E-state index in [-0.39, 0.29) is 0 Å². The van der Waals surface area contributed by atoms with Gasteiger partial charge < -0.3 is 0 Å². The molecule has 0 radical (unpaired) electrons. The zero-order chi connectivity index (χ0) is 13.0. The van der Waals surface area contributed by atoms with E-state index in [1.807, 2.05) is 24.3 Å². The maximum absolute atomic E-state index is 11.4. The summed E-state index contributed by atoms with van der Waals surface area (Å²) >= 11 is 7.53. The van der Waals surface area contributed by atoms with Crippen molar-refractivity contribution in [1.29, 1.82) is 0 Å². The Kier molecular flexibility index (Phi) is 4.79. The van der Waals surface area contributed by atoms with E-state index in [1.165, 1.54) is 5.56 Å². The molecule has 1 heterocycles. The molecule has 0 fully saturated rings. The van der Waals surface area contributed by atoms with Gasteiger partial charge in [-0.3, -0.25) is 8.78 Å². The van der Waals surface area contributed by atoms with Crippen molar-refractivity contribution in [3.8, 4) is 0 Å². The number of rotatable bonds is 5. The van der Waals surface area contributed by atoms with Crippen LogP contribution in [0.1, 0.15) is 5.56 Å². The summed E-state index contributed by atoms with van der Waals surface area (Å²) in [7, 11) is -1.10. The Morgan fingerprint density at radius 2 is 2.11 bits per heavy atom. The Balaban J connectivity index is 1.90. The van der Waals surface area contributed by atoms with Gasteiger partial charge in [0.25, 0.3) is 0 Å². The zero-order valence-electron chi connectivity index (χ0n) is 9.75. The van der Waals surface area contributed by atoms with E-state index in [0.717, 1.165) is 10.8 Å². The van der Waals surface area contributed by atoms with Gasteiger partial charge in [0.05, 0.1) is 16.7 Å². The number of nitrogens with zero attached hydrogens (tertiary/aromatic N) is 3. The summed E-state index contributed by atoms with van der Waals surface area (Å²) in [6, 6.07) is 7.76. The van der Waals surface area contributed by atoms with Gasteiger partial charge in [-0.05, 0) is 17.7 Å². The number of halogens is 1. The fraction of sp³-hybridized carbons (Fsp3) is 0.273. The number of thioether (sulfide) groups is 1. The Labute approximate surface area is 117 Å². The van der Waals surface area contributed by atoms with Crippen LogP contribution in [0.2, 0.25) is 5.02 Å². The van der Waals surface area contributed by atoms with Crippen LogP contribution in [0.4, 0.5) is 0 Å². The second kappa shape index (κ2) is 6.36. The Morgan fingerprint density at radius 1 is 1.39 bits per heavy atom. The minimum Gasteiger partial charge on any atom is -0.297 e. The number of aromatic nitrogens is 3. The van der Waals surface area contributed by atoms with Crippen LogP contribution < -0.4 is 0 Å². The topological polar surface area (TPSA) is 47.8 Å². The first-order chi connectivity index (χ1) is 8.66. The molecule has 0 N–H and O–H groups in total. The van der Waals surface area contributed by atoms with Gasteiger partial charge in [-0.25, -0.2) is 0 Å². The van der Waals surface area contributed by atoms with Crippen molar-refractivity contribution in [1.82, 2.24) is 14.8 Å². The summed E-state index contributed by atoms with van der Waals surface area (Å²) in [5.41, 5.74) is 1.21. The summed E-state index contributed by atoms with van der Waals surface area (Å²) < 4.78 is 13.2. The molecule has 2 aromatic rings. The van der Waals surface area contributed by atoms with E-state index in [0.29, 0.717) is 11.0 Å². The second-order valence-electron chi connectivity index (χ2n) is 3.64. The normalized spacial score (nSPS) is 12.6. The third-order valence-electron chi connectivity index (χ3n) is 2.25. The number of hydrogen-bond donors (Lipinski definition) is 0. The molecule has 0 aliphatic rings. The molecule has 1 atom stereocenters. The summed E-state index contributed by atoms with van der Waals surface area (Å²) in [6.45, 7) is 0. The lowest BCUT2D eigenvalue weighted by Crippen LogP contribution is -2.02. The van der Waals surface area contributed by atoms with Gasteiger partial charge in [-0.1, -0.05) is 23.7 Å². The summed E-state index contributed by atoms with van der Waals surface area (Å²) in [6.07, 6.45) is 3.20.